The first kappa shape index (κ1) is 20.6. The number of ether oxygens (including phenoxy) is 1. The van der Waals surface area contributed by atoms with Gasteiger partial charge in [-0.15, -0.1) is 0 Å². The maximum Gasteiger partial charge on any atom is 0.251 e. The molecule has 2 saturated heterocycles. The summed E-state index contributed by atoms with van der Waals surface area (Å²) < 4.78 is 6.12. The minimum Gasteiger partial charge on any atom is -0.365 e. The van der Waals surface area contributed by atoms with Gasteiger partial charge in [-0.1, -0.05) is 25.7 Å². The Balaban J connectivity index is 1.42. The normalized spacial score (nSPS) is 28.6. The van der Waals surface area contributed by atoms with Crippen LogP contribution in [0.3, 0.4) is 0 Å². The summed E-state index contributed by atoms with van der Waals surface area (Å²) in [6, 6.07) is -0.0284. The first-order valence-corrected chi connectivity index (χ1v) is 11.1. The van der Waals surface area contributed by atoms with Crippen molar-refractivity contribution >= 4 is 11.8 Å². The van der Waals surface area contributed by atoms with Gasteiger partial charge < -0.3 is 20.3 Å². The summed E-state index contributed by atoms with van der Waals surface area (Å²) in [6.45, 7) is 5.05. The van der Waals surface area contributed by atoms with Crippen LogP contribution in [0.2, 0.25) is 0 Å². The minimum atomic E-state index is -0.357. The molecule has 3 fully saturated rings. The van der Waals surface area contributed by atoms with E-state index in [0.29, 0.717) is 12.5 Å². The van der Waals surface area contributed by atoms with Crippen LogP contribution in [-0.4, -0.2) is 61.1 Å². The molecule has 0 aromatic rings. The monoisotopic (exact) mass is 379 g/mol. The molecule has 2 aliphatic heterocycles. The first-order chi connectivity index (χ1) is 13.1. The van der Waals surface area contributed by atoms with E-state index in [2.05, 4.69) is 10.6 Å². The highest BCUT2D eigenvalue weighted by molar-refractivity contribution is 5.82. The fraction of sp³-hybridized carbons (Fsp3) is 0.905. The largest absolute Gasteiger partial charge is 0.365 e. The third-order valence-corrected chi connectivity index (χ3v) is 6.32. The number of likely N-dealkylation sites (tertiary alicyclic amines) is 1. The van der Waals surface area contributed by atoms with Gasteiger partial charge in [0.25, 0.3) is 5.91 Å². The molecule has 2 heterocycles. The molecule has 0 spiro atoms. The molecule has 1 aliphatic carbocycles. The summed E-state index contributed by atoms with van der Waals surface area (Å²) in [5.41, 5.74) is 0. The standard InChI is InChI=1S/C21H37N3O3/c1-16(27-18-9-4-2-3-5-10-18)21(26)24-13-7-8-17(15-24)14-23-20(25)19-11-6-12-22-19/h16-19,22H,2-15H2,1H3,(H,23,25). The Morgan fingerprint density at radius 3 is 2.56 bits per heavy atom. The molecule has 0 bridgehead atoms. The Bertz CT molecular complexity index is 485. The van der Waals surface area contributed by atoms with Crippen LogP contribution in [0.5, 0.6) is 0 Å². The average molecular weight is 380 g/mol. The molecule has 0 radical (unpaired) electrons. The van der Waals surface area contributed by atoms with E-state index in [0.717, 1.165) is 58.2 Å². The number of amides is 2. The molecule has 3 rings (SSSR count). The zero-order valence-electron chi connectivity index (χ0n) is 16.9. The highest BCUT2D eigenvalue weighted by Gasteiger charge is 2.30. The van der Waals surface area contributed by atoms with Crippen LogP contribution < -0.4 is 10.6 Å². The zero-order valence-corrected chi connectivity index (χ0v) is 16.9. The topological polar surface area (TPSA) is 70.7 Å². The van der Waals surface area contributed by atoms with Gasteiger partial charge in [-0.2, -0.15) is 0 Å². The molecular formula is C21H37N3O3. The third-order valence-electron chi connectivity index (χ3n) is 6.32. The van der Waals surface area contributed by atoms with Crippen molar-refractivity contribution in [2.75, 3.05) is 26.2 Å². The van der Waals surface area contributed by atoms with Crippen LogP contribution in [0.4, 0.5) is 0 Å². The predicted octanol–water partition coefficient (Wildman–Crippen LogP) is 2.22. The summed E-state index contributed by atoms with van der Waals surface area (Å²) in [4.78, 5) is 27.0. The molecule has 0 aromatic carbocycles. The Labute approximate surface area is 163 Å². The van der Waals surface area contributed by atoms with Gasteiger partial charge in [-0.3, -0.25) is 9.59 Å². The van der Waals surface area contributed by atoms with E-state index in [1.807, 2.05) is 11.8 Å². The number of nitrogens with one attached hydrogen (secondary N) is 2. The van der Waals surface area contributed by atoms with E-state index >= 15 is 0 Å². The molecule has 3 atom stereocenters. The summed E-state index contributed by atoms with van der Waals surface area (Å²) in [7, 11) is 0. The van der Waals surface area contributed by atoms with Gasteiger partial charge >= 0.3 is 0 Å². The van der Waals surface area contributed by atoms with Gasteiger partial charge in [0, 0.05) is 19.6 Å². The van der Waals surface area contributed by atoms with Crippen LogP contribution in [0.15, 0.2) is 0 Å². The van der Waals surface area contributed by atoms with E-state index in [9.17, 15) is 9.59 Å². The average Bonchev–Trinajstić information content (AvgIpc) is 3.11. The van der Waals surface area contributed by atoms with Crippen LogP contribution >= 0.6 is 0 Å². The molecule has 27 heavy (non-hydrogen) atoms. The lowest BCUT2D eigenvalue weighted by Crippen LogP contribution is -2.49. The second-order valence-electron chi connectivity index (χ2n) is 8.58. The van der Waals surface area contributed by atoms with Crippen LogP contribution in [0, 0.1) is 5.92 Å². The van der Waals surface area contributed by atoms with Gasteiger partial charge in [0.2, 0.25) is 5.91 Å². The fourth-order valence-corrected chi connectivity index (χ4v) is 4.69. The lowest BCUT2D eigenvalue weighted by Gasteiger charge is -2.35. The maximum atomic E-state index is 12.9. The molecule has 6 heteroatoms. The lowest BCUT2D eigenvalue weighted by atomic mass is 9.97. The van der Waals surface area contributed by atoms with Crippen molar-refractivity contribution in [3.63, 3.8) is 0 Å². The molecule has 3 aliphatic rings. The van der Waals surface area contributed by atoms with Crippen LogP contribution in [0.25, 0.3) is 0 Å². The number of hydrogen-bond donors (Lipinski definition) is 2. The van der Waals surface area contributed by atoms with Gasteiger partial charge in [-0.05, 0) is 57.9 Å². The quantitative estimate of drug-likeness (QED) is 0.694. The zero-order chi connectivity index (χ0) is 19.1. The predicted molar refractivity (Wildman–Crippen MR) is 105 cm³/mol. The highest BCUT2D eigenvalue weighted by atomic mass is 16.5. The van der Waals surface area contributed by atoms with E-state index < -0.39 is 0 Å². The molecule has 2 N–H and O–H groups in total. The summed E-state index contributed by atoms with van der Waals surface area (Å²) in [5.74, 6) is 0.576. The second kappa shape index (κ2) is 10.4. The van der Waals surface area contributed by atoms with Gasteiger partial charge in [0.15, 0.2) is 0 Å². The van der Waals surface area contributed by atoms with Gasteiger partial charge in [0.1, 0.15) is 6.10 Å². The Morgan fingerprint density at radius 2 is 1.85 bits per heavy atom. The number of nitrogens with zero attached hydrogens (tertiary/aromatic N) is 1. The molecule has 6 nitrogen and oxygen atoms in total. The SMILES string of the molecule is CC(OC1CCCCCC1)C(=O)N1CCCC(CNC(=O)C2CCCN2)C1. The summed E-state index contributed by atoms with van der Waals surface area (Å²) in [6.07, 6.45) is 11.1. The van der Waals surface area contributed by atoms with Crippen molar-refractivity contribution in [1.82, 2.24) is 15.5 Å². The first-order valence-electron chi connectivity index (χ1n) is 11.1. The van der Waals surface area contributed by atoms with E-state index in [-0.39, 0.29) is 30.1 Å². The van der Waals surface area contributed by atoms with E-state index in [1.54, 1.807) is 0 Å². The number of hydrogen-bond acceptors (Lipinski definition) is 4. The van der Waals surface area contributed by atoms with E-state index in [1.165, 1.54) is 25.7 Å². The fourth-order valence-electron chi connectivity index (χ4n) is 4.69. The van der Waals surface area contributed by atoms with E-state index in [4.69, 9.17) is 4.74 Å². The Morgan fingerprint density at radius 1 is 1.07 bits per heavy atom. The van der Waals surface area contributed by atoms with Crippen molar-refractivity contribution in [1.29, 1.82) is 0 Å². The third kappa shape index (κ3) is 6.18. The highest BCUT2D eigenvalue weighted by Crippen LogP contribution is 2.23. The molecule has 1 saturated carbocycles. The molecule has 154 valence electrons. The maximum absolute atomic E-state index is 12.9. The number of carbonyl (C=O) groups excluding carboxylic acids is 2. The number of rotatable bonds is 6. The Kier molecular flexibility index (Phi) is 7.94. The van der Waals surface area contributed by atoms with Crippen molar-refractivity contribution in [3.8, 4) is 0 Å². The lowest BCUT2D eigenvalue weighted by molar-refractivity contribution is -0.148. The molecule has 2 amide bonds. The van der Waals surface area contributed by atoms with Crippen molar-refractivity contribution in [3.05, 3.63) is 0 Å². The van der Waals surface area contributed by atoms with Crippen LogP contribution in [0.1, 0.15) is 71.1 Å². The summed E-state index contributed by atoms with van der Waals surface area (Å²) in [5, 5.41) is 6.32. The number of piperidine rings is 1. The second-order valence-corrected chi connectivity index (χ2v) is 8.58. The molecule has 3 unspecified atom stereocenters. The van der Waals surface area contributed by atoms with Gasteiger partial charge in [0.05, 0.1) is 12.1 Å². The smallest absolute Gasteiger partial charge is 0.251 e. The summed E-state index contributed by atoms with van der Waals surface area (Å²) >= 11 is 0. The minimum absolute atomic E-state index is 0.0284. The van der Waals surface area contributed by atoms with Crippen molar-refractivity contribution < 1.29 is 14.3 Å². The molecule has 0 aromatic heterocycles. The molecular weight excluding hydrogens is 342 g/mol. The van der Waals surface area contributed by atoms with Crippen molar-refractivity contribution in [2.24, 2.45) is 5.92 Å². The van der Waals surface area contributed by atoms with Gasteiger partial charge in [-0.25, -0.2) is 0 Å². The van der Waals surface area contributed by atoms with Crippen LogP contribution in [-0.2, 0) is 14.3 Å². The number of carbonyl (C=O) groups is 2. The van der Waals surface area contributed by atoms with Crippen molar-refractivity contribution in [2.45, 2.75) is 89.4 Å². The Hall–Kier alpha value is -1.14.